The van der Waals surface area contributed by atoms with Gasteiger partial charge < -0.3 is 9.64 Å². The number of benzene rings is 1. The number of aromatic nitrogens is 3. The van der Waals surface area contributed by atoms with Crippen LogP contribution in [-0.4, -0.2) is 56.5 Å². The molecule has 32 heavy (non-hydrogen) atoms. The lowest BCUT2D eigenvalue weighted by atomic mass is 10.0. The van der Waals surface area contributed by atoms with Gasteiger partial charge in [-0.15, -0.1) is 0 Å². The van der Waals surface area contributed by atoms with Crippen LogP contribution in [0, 0.1) is 17.5 Å². The molecule has 11 heteroatoms. The summed E-state index contributed by atoms with van der Waals surface area (Å²) >= 11 is 0. The first-order valence-electron chi connectivity index (χ1n) is 9.86. The molecule has 8 nitrogen and oxygen atoms in total. The molecule has 1 atom stereocenters. The largest absolute Gasteiger partial charge is 0.483 e. The smallest absolute Gasteiger partial charge is 0.341 e. The monoisotopic (exact) mass is 442 g/mol. The molecule has 0 bridgehead atoms. The third-order valence-electron chi connectivity index (χ3n) is 5.32. The summed E-state index contributed by atoms with van der Waals surface area (Å²) in [6, 6.07) is 3.62. The number of hydrogen-bond donors (Lipinski definition) is 1. The van der Waals surface area contributed by atoms with Crippen LogP contribution >= 0.6 is 0 Å². The number of hydrazone groups is 1. The molecular formula is C21H17F3N6O2. The zero-order valence-corrected chi connectivity index (χ0v) is 16.6. The van der Waals surface area contributed by atoms with Gasteiger partial charge in [0.15, 0.2) is 11.6 Å². The van der Waals surface area contributed by atoms with E-state index in [4.69, 9.17) is 4.74 Å². The van der Waals surface area contributed by atoms with Crippen molar-refractivity contribution in [3.8, 4) is 17.0 Å². The fraction of sp³-hybridized carbons (Fsp3) is 0.238. The Balaban J connectivity index is 1.23. The first-order valence-corrected chi connectivity index (χ1v) is 9.86. The Morgan fingerprint density at radius 2 is 1.88 bits per heavy atom. The fourth-order valence-electron chi connectivity index (χ4n) is 3.70. The van der Waals surface area contributed by atoms with Crippen molar-refractivity contribution in [3.63, 3.8) is 0 Å². The Morgan fingerprint density at radius 1 is 1.09 bits per heavy atom. The minimum Gasteiger partial charge on any atom is -0.483 e. The molecule has 164 valence electrons. The molecule has 1 saturated heterocycles. The second-order valence-electron chi connectivity index (χ2n) is 7.51. The second kappa shape index (κ2) is 7.98. The number of rotatable bonds is 4. The molecule has 0 radical (unpaired) electrons. The van der Waals surface area contributed by atoms with Gasteiger partial charge in [-0.05, 0) is 17.7 Å². The molecule has 1 fully saturated rings. The van der Waals surface area contributed by atoms with E-state index in [1.54, 1.807) is 12.4 Å². The fourth-order valence-corrected chi connectivity index (χ4v) is 3.70. The molecule has 2 aliphatic heterocycles. The molecule has 0 aliphatic carbocycles. The maximum Gasteiger partial charge on any atom is 0.341 e. The van der Waals surface area contributed by atoms with E-state index >= 15 is 0 Å². The predicted octanol–water partition coefficient (Wildman–Crippen LogP) is 3.50. The van der Waals surface area contributed by atoms with E-state index in [-0.39, 0.29) is 18.8 Å². The van der Waals surface area contributed by atoms with Crippen LogP contribution in [0.5, 0.6) is 5.75 Å². The molecule has 0 spiro atoms. The van der Waals surface area contributed by atoms with Crippen LogP contribution in [0.4, 0.5) is 18.0 Å². The minimum atomic E-state index is -0.717. The van der Waals surface area contributed by atoms with Crippen molar-refractivity contribution in [2.75, 3.05) is 13.1 Å². The number of carbonyl (C=O) groups excluding carboxylic acids is 1. The molecule has 2 amide bonds. The van der Waals surface area contributed by atoms with Gasteiger partial charge in [0.05, 0.1) is 37.2 Å². The number of amides is 2. The number of nitrogens with one attached hydrogen (secondary N) is 1. The van der Waals surface area contributed by atoms with Gasteiger partial charge in [-0.25, -0.2) is 23.0 Å². The minimum absolute atomic E-state index is 0.0283. The summed E-state index contributed by atoms with van der Waals surface area (Å²) in [6.07, 6.45) is 5.73. The van der Waals surface area contributed by atoms with Crippen LogP contribution in [0.1, 0.15) is 18.0 Å². The number of likely N-dealkylation sites (tertiary alicyclic amines) is 1. The summed E-state index contributed by atoms with van der Waals surface area (Å²) in [4.78, 5) is 18.4. The molecule has 1 N–H and O–H groups in total. The van der Waals surface area contributed by atoms with Crippen molar-refractivity contribution in [2.24, 2.45) is 5.10 Å². The number of halogens is 3. The van der Waals surface area contributed by atoms with Crippen LogP contribution in [0.2, 0.25) is 0 Å². The number of H-pyrrole nitrogens is 1. The van der Waals surface area contributed by atoms with Crippen molar-refractivity contribution in [1.82, 2.24) is 25.1 Å². The lowest BCUT2D eigenvalue weighted by Crippen LogP contribution is -2.58. The lowest BCUT2D eigenvalue weighted by molar-refractivity contribution is 0.0256. The quantitative estimate of drug-likeness (QED) is 0.670. The standard InChI is InChI=1S/C21H17F3N6O2/c22-14-3-12(4-15(23)5-14)19-1-2-28-30(19)21(31)29-10-16(11-29)32-20-6-18(25-9-17(20)24)13-7-26-27-8-13/h2-9,16,19H,1,10-11H2,(H,26,27). The Labute approximate surface area is 180 Å². The highest BCUT2D eigenvalue weighted by atomic mass is 19.1. The Kier molecular flexibility index (Phi) is 5.00. The first-order chi connectivity index (χ1) is 15.5. The highest BCUT2D eigenvalue weighted by molar-refractivity contribution is 5.79. The van der Waals surface area contributed by atoms with Gasteiger partial charge in [0, 0.05) is 36.5 Å². The molecular weight excluding hydrogens is 425 g/mol. The summed E-state index contributed by atoms with van der Waals surface area (Å²) in [6.45, 7) is 0.440. The molecule has 5 rings (SSSR count). The number of pyridine rings is 1. The van der Waals surface area contributed by atoms with Gasteiger partial charge in [0.25, 0.3) is 0 Å². The first kappa shape index (κ1) is 20.0. The lowest BCUT2D eigenvalue weighted by Gasteiger charge is -2.41. The van der Waals surface area contributed by atoms with Crippen LogP contribution in [0.15, 0.2) is 48.0 Å². The average Bonchev–Trinajstić information content (AvgIpc) is 3.42. The summed E-state index contributed by atoms with van der Waals surface area (Å²) in [5.41, 5.74) is 1.51. The van der Waals surface area contributed by atoms with Crippen LogP contribution < -0.4 is 4.74 Å². The van der Waals surface area contributed by atoms with Crippen molar-refractivity contribution < 1.29 is 22.7 Å². The van der Waals surface area contributed by atoms with Crippen LogP contribution in [-0.2, 0) is 0 Å². The maximum atomic E-state index is 14.2. The predicted molar refractivity (Wildman–Crippen MR) is 107 cm³/mol. The van der Waals surface area contributed by atoms with Gasteiger partial charge in [-0.3, -0.25) is 10.1 Å². The third kappa shape index (κ3) is 3.77. The van der Waals surface area contributed by atoms with Crippen molar-refractivity contribution >= 4 is 12.2 Å². The summed E-state index contributed by atoms with van der Waals surface area (Å²) in [5, 5.41) is 11.8. The van der Waals surface area contributed by atoms with Gasteiger partial charge in [-0.1, -0.05) is 0 Å². The normalized spacial score (nSPS) is 18.2. The van der Waals surface area contributed by atoms with E-state index in [1.807, 2.05) is 0 Å². The topological polar surface area (TPSA) is 86.7 Å². The Hall–Kier alpha value is -3.89. The Morgan fingerprint density at radius 3 is 2.59 bits per heavy atom. The molecule has 2 aromatic heterocycles. The number of nitrogens with zero attached hydrogens (tertiary/aromatic N) is 5. The van der Waals surface area contributed by atoms with E-state index in [1.165, 1.54) is 34.3 Å². The van der Waals surface area contributed by atoms with Crippen molar-refractivity contribution in [1.29, 1.82) is 0 Å². The zero-order chi connectivity index (χ0) is 22.2. The van der Waals surface area contributed by atoms with Gasteiger partial charge >= 0.3 is 6.03 Å². The van der Waals surface area contributed by atoms with E-state index in [0.717, 1.165) is 12.3 Å². The molecule has 2 aliphatic rings. The highest BCUT2D eigenvalue weighted by Crippen LogP contribution is 2.32. The summed E-state index contributed by atoms with van der Waals surface area (Å²) in [7, 11) is 0. The third-order valence-corrected chi connectivity index (χ3v) is 5.32. The van der Waals surface area contributed by atoms with E-state index in [0.29, 0.717) is 23.2 Å². The molecule has 1 unspecified atom stereocenters. The number of aromatic amines is 1. The van der Waals surface area contributed by atoms with Crippen molar-refractivity contribution in [3.05, 3.63) is 65.9 Å². The van der Waals surface area contributed by atoms with E-state index in [2.05, 4.69) is 20.3 Å². The van der Waals surface area contributed by atoms with Gasteiger partial charge in [0.1, 0.15) is 17.7 Å². The number of carbonyl (C=O) groups is 1. The molecule has 0 saturated carbocycles. The molecule has 1 aromatic carbocycles. The maximum absolute atomic E-state index is 14.2. The second-order valence-corrected chi connectivity index (χ2v) is 7.51. The Bertz CT molecular complexity index is 1160. The highest BCUT2D eigenvalue weighted by Gasteiger charge is 2.39. The van der Waals surface area contributed by atoms with Crippen LogP contribution in [0.3, 0.4) is 0 Å². The molecule has 3 aromatic rings. The summed E-state index contributed by atoms with van der Waals surface area (Å²) in [5.74, 6) is -2.02. The number of hydrogen-bond acceptors (Lipinski definition) is 5. The average molecular weight is 442 g/mol. The SMILES string of the molecule is O=C(N1CC(Oc2cc(-c3cn[nH]c3)ncc2F)C1)N1N=CCC1c1cc(F)cc(F)c1. The molecule has 4 heterocycles. The van der Waals surface area contributed by atoms with E-state index in [9.17, 15) is 18.0 Å². The number of urea groups is 1. The number of ether oxygens (including phenoxy) is 1. The van der Waals surface area contributed by atoms with E-state index < -0.39 is 35.6 Å². The van der Waals surface area contributed by atoms with Crippen molar-refractivity contribution in [2.45, 2.75) is 18.6 Å². The van der Waals surface area contributed by atoms with Gasteiger partial charge in [0.2, 0.25) is 0 Å². The summed E-state index contributed by atoms with van der Waals surface area (Å²) < 4.78 is 47.1. The zero-order valence-electron chi connectivity index (χ0n) is 16.6. The van der Waals surface area contributed by atoms with Crippen LogP contribution in [0.25, 0.3) is 11.3 Å². The van der Waals surface area contributed by atoms with Gasteiger partial charge in [-0.2, -0.15) is 10.2 Å².